The molecule has 1 saturated heterocycles. The van der Waals surface area contributed by atoms with Crippen LogP contribution in [0.5, 0.6) is 0 Å². The van der Waals surface area contributed by atoms with Crippen molar-refractivity contribution < 1.29 is 10.0 Å². The molecule has 0 spiro atoms. The van der Waals surface area contributed by atoms with Crippen LogP contribution in [0, 0.1) is 5.92 Å². The molecule has 82 valence electrons. The average Bonchev–Trinajstić information content (AvgIpc) is 2.66. The van der Waals surface area contributed by atoms with Gasteiger partial charge in [-0.1, -0.05) is 36.5 Å². The first-order valence-electron chi connectivity index (χ1n) is 5.54. The summed E-state index contributed by atoms with van der Waals surface area (Å²) in [6.45, 7) is 0. The molecule has 3 aliphatic rings. The van der Waals surface area contributed by atoms with Crippen LogP contribution < -0.4 is 0 Å². The summed E-state index contributed by atoms with van der Waals surface area (Å²) in [6, 6.07) is 0. The van der Waals surface area contributed by atoms with Gasteiger partial charge in [0.1, 0.15) is 0 Å². The van der Waals surface area contributed by atoms with E-state index in [1.165, 1.54) is 5.57 Å². The largest absolute Gasteiger partial charge is 0.488 e. The van der Waals surface area contributed by atoms with Crippen molar-refractivity contribution in [2.75, 3.05) is 0 Å². The van der Waals surface area contributed by atoms with Gasteiger partial charge >= 0.3 is 7.12 Å². The summed E-state index contributed by atoms with van der Waals surface area (Å²) in [5.41, 5.74) is 2.05. The first-order chi connectivity index (χ1) is 7.75. The maximum absolute atomic E-state index is 9.19. The van der Waals surface area contributed by atoms with Gasteiger partial charge in [-0.25, -0.2) is 0 Å². The first kappa shape index (κ1) is 10.4. The molecule has 0 aromatic heterocycles. The molecule has 0 aromatic carbocycles. The third-order valence-corrected chi connectivity index (χ3v) is 4.91. The Balaban J connectivity index is 1.94. The maximum atomic E-state index is 9.19. The van der Waals surface area contributed by atoms with Crippen LogP contribution in [0.1, 0.15) is 6.42 Å². The van der Waals surface area contributed by atoms with Crippen LogP contribution in [0.15, 0.2) is 47.5 Å². The molecule has 3 rings (SSSR count). The van der Waals surface area contributed by atoms with E-state index in [1.54, 1.807) is 0 Å². The highest BCUT2D eigenvalue weighted by Gasteiger charge is 2.38. The van der Waals surface area contributed by atoms with Gasteiger partial charge in [0.05, 0.1) is 0 Å². The Hall–Kier alpha value is -0.705. The standard InChI is InChI=1S/C12H13BO2S/c14-13(15)8-5-6-12-10(7-8)9-3-1-2-4-11(9)16-12/h1-3,5-7,10-12,14-15H,4H2. The second kappa shape index (κ2) is 3.95. The van der Waals surface area contributed by atoms with E-state index >= 15 is 0 Å². The lowest BCUT2D eigenvalue weighted by molar-refractivity contribution is 0.420. The second-order valence-electron chi connectivity index (χ2n) is 4.35. The van der Waals surface area contributed by atoms with E-state index in [4.69, 9.17) is 0 Å². The Kier molecular flexibility index (Phi) is 2.58. The quantitative estimate of drug-likeness (QED) is 0.673. The van der Waals surface area contributed by atoms with Crippen LogP contribution in [0.3, 0.4) is 0 Å². The predicted molar refractivity (Wildman–Crippen MR) is 67.9 cm³/mol. The number of thioether (sulfide) groups is 1. The third kappa shape index (κ3) is 1.61. The van der Waals surface area contributed by atoms with Crippen molar-refractivity contribution in [2.24, 2.45) is 5.92 Å². The van der Waals surface area contributed by atoms with E-state index in [0.29, 0.717) is 21.9 Å². The smallest absolute Gasteiger partial charge is 0.423 e. The van der Waals surface area contributed by atoms with Gasteiger partial charge in [-0.2, -0.15) is 0 Å². The van der Waals surface area contributed by atoms with Gasteiger partial charge in [-0.3, -0.25) is 0 Å². The van der Waals surface area contributed by atoms with E-state index in [-0.39, 0.29) is 0 Å². The number of allylic oxidation sites excluding steroid dienone is 6. The molecule has 4 heteroatoms. The fraction of sp³-hybridized carbons (Fsp3) is 0.333. The molecule has 2 aliphatic carbocycles. The zero-order valence-corrected chi connectivity index (χ0v) is 9.60. The van der Waals surface area contributed by atoms with Crippen LogP contribution in [0.2, 0.25) is 0 Å². The Labute approximate surface area is 99.6 Å². The summed E-state index contributed by atoms with van der Waals surface area (Å²) in [5, 5.41) is 19.4. The molecule has 1 aliphatic heterocycles. The van der Waals surface area contributed by atoms with Crippen LogP contribution in [-0.2, 0) is 0 Å². The molecule has 0 saturated carbocycles. The monoisotopic (exact) mass is 232 g/mol. The van der Waals surface area contributed by atoms with Crippen molar-refractivity contribution in [1.29, 1.82) is 0 Å². The van der Waals surface area contributed by atoms with Crippen LogP contribution in [0.25, 0.3) is 0 Å². The second-order valence-corrected chi connectivity index (χ2v) is 5.73. The molecular weight excluding hydrogens is 219 g/mol. The molecule has 2 N–H and O–H groups in total. The minimum Gasteiger partial charge on any atom is -0.423 e. The molecule has 0 radical (unpaired) electrons. The van der Waals surface area contributed by atoms with Crippen LogP contribution in [-0.4, -0.2) is 27.7 Å². The van der Waals surface area contributed by atoms with Gasteiger partial charge in [-0.15, -0.1) is 11.8 Å². The van der Waals surface area contributed by atoms with E-state index in [9.17, 15) is 10.0 Å². The number of fused-ring (bicyclic) bond motifs is 3. The maximum Gasteiger partial charge on any atom is 0.488 e. The molecule has 0 amide bonds. The normalized spacial score (nSPS) is 35.2. The Morgan fingerprint density at radius 1 is 1.38 bits per heavy atom. The zero-order valence-electron chi connectivity index (χ0n) is 8.78. The molecule has 2 nitrogen and oxygen atoms in total. The number of hydrogen-bond acceptors (Lipinski definition) is 3. The molecule has 1 heterocycles. The van der Waals surface area contributed by atoms with Gasteiger partial charge in [0.15, 0.2) is 0 Å². The Morgan fingerprint density at radius 2 is 2.25 bits per heavy atom. The van der Waals surface area contributed by atoms with Crippen molar-refractivity contribution in [3.63, 3.8) is 0 Å². The summed E-state index contributed by atoms with van der Waals surface area (Å²) in [5.74, 6) is 0.349. The minimum absolute atomic E-state index is 0.349. The summed E-state index contributed by atoms with van der Waals surface area (Å²) >= 11 is 1.98. The molecule has 0 bridgehead atoms. The lowest BCUT2D eigenvalue weighted by Gasteiger charge is -2.19. The summed E-state index contributed by atoms with van der Waals surface area (Å²) in [6.07, 6.45) is 13.5. The molecule has 16 heavy (non-hydrogen) atoms. The first-order valence-corrected chi connectivity index (χ1v) is 6.48. The fourth-order valence-electron chi connectivity index (χ4n) is 2.55. The average molecular weight is 232 g/mol. The van der Waals surface area contributed by atoms with Gasteiger partial charge in [0.25, 0.3) is 0 Å². The SMILES string of the molecule is OB(O)C1=CC2C3=CC=CCC3SC2C=C1. The summed E-state index contributed by atoms with van der Waals surface area (Å²) in [7, 11) is -1.35. The molecule has 1 fully saturated rings. The Bertz CT molecular complexity index is 423. The van der Waals surface area contributed by atoms with E-state index in [1.807, 2.05) is 23.9 Å². The molecular formula is C12H13BO2S. The van der Waals surface area contributed by atoms with E-state index in [2.05, 4.69) is 24.3 Å². The van der Waals surface area contributed by atoms with Gasteiger partial charge in [0.2, 0.25) is 0 Å². The highest BCUT2D eigenvalue weighted by molar-refractivity contribution is 8.01. The highest BCUT2D eigenvalue weighted by atomic mass is 32.2. The summed E-state index contributed by atoms with van der Waals surface area (Å²) in [4.78, 5) is 0. The van der Waals surface area contributed by atoms with E-state index in [0.717, 1.165) is 6.42 Å². The van der Waals surface area contributed by atoms with Crippen molar-refractivity contribution >= 4 is 18.9 Å². The highest BCUT2D eigenvalue weighted by Crippen LogP contribution is 2.48. The van der Waals surface area contributed by atoms with Crippen LogP contribution >= 0.6 is 11.8 Å². The summed E-state index contributed by atoms with van der Waals surface area (Å²) < 4.78 is 0. The lowest BCUT2D eigenvalue weighted by atomic mass is 9.73. The lowest BCUT2D eigenvalue weighted by Crippen LogP contribution is -2.21. The number of rotatable bonds is 1. The van der Waals surface area contributed by atoms with E-state index < -0.39 is 7.12 Å². The molecule has 3 atom stereocenters. The fourth-order valence-corrected chi connectivity index (χ4v) is 4.11. The predicted octanol–water partition coefficient (Wildman–Crippen LogP) is 1.48. The molecule has 0 aromatic rings. The van der Waals surface area contributed by atoms with Gasteiger partial charge < -0.3 is 10.0 Å². The minimum atomic E-state index is -1.35. The zero-order chi connectivity index (χ0) is 11.1. The van der Waals surface area contributed by atoms with Gasteiger partial charge in [-0.05, 0) is 17.5 Å². The third-order valence-electron chi connectivity index (χ3n) is 3.36. The van der Waals surface area contributed by atoms with Crippen molar-refractivity contribution in [1.82, 2.24) is 0 Å². The van der Waals surface area contributed by atoms with Crippen LogP contribution in [0.4, 0.5) is 0 Å². The number of hydrogen-bond donors (Lipinski definition) is 2. The van der Waals surface area contributed by atoms with Crippen molar-refractivity contribution in [3.05, 3.63) is 47.5 Å². The molecule has 3 unspecified atom stereocenters. The topological polar surface area (TPSA) is 40.5 Å². The van der Waals surface area contributed by atoms with Crippen molar-refractivity contribution in [3.8, 4) is 0 Å². The Morgan fingerprint density at radius 3 is 3.06 bits per heavy atom. The van der Waals surface area contributed by atoms with Gasteiger partial charge in [0, 0.05) is 16.4 Å². The van der Waals surface area contributed by atoms with Crippen molar-refractivity contribution in [2.45, 2.75) is 16.9 Å².